The first-order chi connectivity index (χ1) is 12.0. The Bertz CT molecular complexity index is 875. The highest BCUT2D eigenvalue weighted by Crippen LogP contribution is 2.25. The number of benzene rings is 1. The molecule has 0 aliphatic carbocycles. The molecule has 1 heterocycles. The summed E-state index contributed by atoms with van der Waals surface area (Å²) in [5, 5.41) is 2.60. The lowest BCUT2D eigenvalue weighted by Crippen LogP contribution is -2.36. The van der Waals surface area contributed by atoms with Crippen molar-refractivity contribution in [2.45, 2.75) is 31.1 Å². The Morgan fingerprint density at radius 3 is 2.35 bits per heavy atom. The van der Waals surface area contributed by atoms with Gasteiger partial charge in [-0.25, -0.2) is 16.8 Å². The highest BCUT2D eigenvalue weighted by molar-refractivity contribution is 7.89. The second kappa shape index (κ2) is 8.03. The number of anilines is 1. The summed E-state index contributed by atoms with van der Waals surface area (Å²) in [6.07, 6.45) is 3.71. The Morgan fingerprint density at radius 1 is 1.15 bits per heavy atom. The van der Waals surface area contributed by atoms with Crippen LogP contribution in [0, 0.1) is 6.92 Å². The van der Waals surface area contributed by atoms with Gasteiger partial charge < -0.3 is 5.32 Å². The third-order valence-electron chi connectivity index (χ3n) is 4.37. The van der Waals surface area contributed by atoms with Gasteiger partial charge in [-0.3, -0.25) is 4.79 Å². The first kappa shape index (κ1) is 20.8. The molecule has 146 valence electrons. The molecule has 10 heteroatoms. The van der Waals surface area contributed by atoms with Crippen LogP contribution in [0.1, 0.15) is 24.8 Å². The van der Waals surface area contributed by atoms with Gasteiger partial charge in [0.25, 0.3) is 0 Å². The van der Waals surface area contributed by atoms with E-state index in [1.807, 2.05) is 0 Å². The molecule has 0 spiro atoms. The maximum Gasteiger partial charge on any atom is 0.243 e. The van der Waals surface area contributed by atoms with E-state index in [0.717, 1.165) is 29.8 Å². The van der Waals surface area contributed by atoms with E-state index in [0.29, 0.717) is 24.3 Å². The fourth-order valence-corrected chi connectivity index (χ4v) is 4.56. The molecule has 2 rings (SSSR count). The van der Waals surface area contributed by atoms with Crippen LogP contribution in [0.3, 0.4) is 0 Å². The standard InChI is InChI=1S/C16H25N3O5S2/c1-13-7-8-14(26(23,24)19-9-5-4-6-10-19)11-15(13)17-16(20)12-18(2)25(3,21)22/h7-8,11H,4-6,9-10,12H2,1-3H3,(H,17,20). The molecule has 0 unspecified atom stereocenters. The Kier molecular flexibility index (Phi) is 6.43. The van der Waals surface area contributed by atoms with Gasteiger partial charge in [-0.2, -0.15) is 8.61 Å². The summed E-state index contributed by atoms with van der Waals surface area (Å²) in [7, 11) is -5.78. The zero-order valence-electron chi connectivity index (χ0n) is 15.2. The van der Waals surface area contributed by atoms with E-state index < -0.39 is 26.0 Å². The number of hydrogen-bond donors (Lipinski definition) is 1. The van der Waals surface area contributed by atoms with Crippen LogP contribution in [-0.4, -0.2) is 64.3 Å². The second-order valence-corrected chi connectivity index (χ2v) is 10.5. The van der Waals surface area contributed by atoms with E-state index in [1.165, 1.54) is 23.5 Å². The van der Waals surface area contributed by atoms with E-state index in [2.05, 4.69) is 5.32 Å². The van der Waals surface area contributed by atoms with Crippen LogP contribution in [0.5, 0.6) is 0 Å². The Hall–Kier alpha value is -1.49. The lowest BCUT2D eigenvalue weighted by atomic mass is 10.2. The zero-order chi connectivity index (χ0) is 19.5. The maximum absolute atomic E-state index is 12.8. The van der Waals surface area contributed by atoms with E-state index in [9.17, 15) is 21.6 Å². The largest absolute Gasteiger partial charge is 0.325 e. The van der Waals surface area contributed by atoms with Gasteiger partial charge in [0.05, 0.1) is 17.7 Å². The maximum atomic E-state index is 12.8. The van der Waals surface area contributed by atoms with Crippen molar-refractivity contribution in [2.24, 2.45) is 0 Å². The molecule has 0 saturated carbocycles. The van der Waals surface area contributed by atoms with Crippen LogP contribution in [-0.2, 0) is 24.8 Å². The summed E-state index contributed by atoms with van der Waals surface area (Å²) >= 11 is 0. The number of amides is 1. The van der Waals surface area contributed by atoms with Crippen LogP contribution < -0.4 is 5.32 Å². The molecule has 0 bridgehead atoms. The smallest absolute Gasteiger partial charge is 0.243 e. The summed E-state index contributed by atoms with van der Waals surface area (Å²) in [5.41, 5.74) is 1.05. The number of nitrogens with one attached hydrogen (secondary N) is 1. The number of carbonyl (C=O) groups excluding carboxylic acids is 1. The minimum absolute atomic E-state index is 0.122. The summed E-state index contributed by atoms with van der Waals surface area (Å²) < 4.78 is 50.7. The van der Waals surface area contributed by atoms with Crippen molar-refractivity contribution < 1.29 is 21.6 Å². The first-order valence-electron chi connectivity index (χ1n) is 8.34. The first-order valence-corrected chi connectivity index (χ1v) is 11.6. The van der Waals surface area contributed by atoms with Crippen molar-refractivity contribution in [3.05, 3.63) is 23.8 Å². The SMILES string of the molecule is Cc1ccc(S(=O)(=O)N2CCCCC2)cc1NC(=O)CN(C)S(C)(=O)=O. The number of sulfonamides is 2. The fourth-order valence-electron chi connectivity index (χ4n) is 2.66. The number of carbonyl (C=O) groups is 1. The van der Waals surface area contributed by atoms with Crippen molar-refractivity contribution in [3.8, 4) is 0 Å². The zero-order valence-corrected chi connectivity index (χ0v) is 16.9. The molecule has 0 atom stereocenters. The average molecular weight is 404 g/mol. The molecule has 8 nitrogen and oxygen atoms in total. The molecular formula is C16H25N3O5S2. The second-order valence-electron chi connectivity index (χ2n) is 6.51. The number of likely N-dealkylation sites (N-methyl/N-ethyl adjacent to an activating group) is 1. The number of hydrogen-bond acceptors (Lipinski definition) is 5. The van der Waals surface area contributed by atoms with Crippen LogP contribution in [0.25, 0.3) is 0 Å². The van der Waals surface area contributed by atoms with Gasteiger partial charge in [0.1, 0.15) is 0 Å². The predicted octanol–water partition coefficient (Wildman–Crippen LogP) is 1.000. The molecule has 1 aliphatic heterocycles. The molecule has 1 fully saturated rings. The van der Waals surface area contributed by atoms with E-state index in [1.54, 1.807) is 13.0 Å². The third kappa shape index (κ3) is 5.03. The molecule has 1 N–H and O–H groups in total. The Labute approximate surface area is 155 Å². The highest BCUT2D eigenvalue weighted by Gasteiger charge is 2.26. The molecular weight excluding hydrogens is 378 g/mol. The quantitative estimate of drug-likeness (QED) is 0.763. The summed E-state index contributed by atoms with van der Waals surface area (Å²) in [4.78, 5) is 12.2. The monoisotopic (exact) mass is 403 g/mol. The Balaban J connectivity index is 2.20. The number of nitrogens with zero attached hydrogens (tertiary/aromatic N) is 2. The lowest BCUT2D eigenvalue weighted by Gasteiger charge is -2.26. The fraction of sp³-hybridized carbons (Fsp3) is 0.562. The van der Waals surface area contributed by atoms with E-state index in [4.69, 9.17) is 0 Å². The van der Waals surface area contributed by atoms with Gasteiger partial charge in [-0.1, -0.05) is 12.5 Å². The van der Waals surface area contributed by atoms with Crippen molar-refractivity contribution in [1.82, 2.24) is 8.61 Å². The van der Waals surface area contributed by atoms with Crippen LogP contribution >= 0.6 is 0 Å². The number of aryl methyl sites for hydroxylation is 1. The van der Waals surface area contributed by atoms with Crippen LogP contribution in [0.2, 0.25) is 0 Å². The van der Waals surface area contributed by atoms with Crippen LogP contribution in [0.15, 0.2) is 23.1 Å². The molecule has 1 saturated heterocycles. The van der Waals surface area contributed by atoms with Crippen molar-refractivity contribution in [2.75, 3.05) is 38.3 Å². The third-order valence-corrected chi connectivity index (χ3v) is 7.52. The van der Waals surface area contributed by atoms with Crippen LogP contribution in [0.4, 0.5) is 5.69 Å². The molecule has 1 aromatic carbocycles. The lowest BCUT2D eigenvalue weighted by molar-refractivity contribution is -0.116. The van der Waals surface area contributed by atoms with Gasteiger partial charge in [-0.15, -0.1) is 0 Å². The van der Waals surface area contributed by atoms with E-state index in [-0.39, 0.29) is 11.4 Å². The van der Waals surface area contributed by atoms with Gasteiger partial charge in [0.2, 0.25) is 26.0 Å². The van der Waals surface area contributed by atoms with Gasteiger partial charge in [0, 0.05) is 25.8 Å². The van der Waals surface area contributed by atoms with Crippen molar-refractivity contribution in [1.29, 1.82) is 0 Å². The number of piperidine rings is 1. The molecule has 0 aromatic heterocycles. The molecule has 26 heavy (non-hydrogen) atoms. The summed E-state index contributed by atoms with van der Waals surface area (Å²) in [5.74, 6) is -0.534. The minimum Gasteiger partial charge on any atom is -0.325 e. The van der Waals surface area contributed by atoms with Gasteiger partial charge in [-0.05, 0) is 37.5 Å². The minimum atomic E-state index is -3.61. The topological polar surface area (TPSA) is 104 Å². The number of rotatable bonds is 6. The van der Waals surface area contributed by atoms with Crippen molar-refractivity contribution >= 4 is 31.6 Å². The Morgan fingerprint density at radius 2 is 1.77 bits per heavy atom. The normalized spacial score (nSPS) is 16.6. The average Bonchev–Trinajstić information content (AvgIpc) is 2.56. The van der Waals surface area contributed by atoms with Gasteiger partial charge in [0.15, 0.2) is 0 Å². The van der Waals surface area contributed by atoms with E-state index >= 15 is 0 Å². The predicted molar refractivity (Wildman–Crippen MR) is 99.9 cm³/mol. The highest BCUT2D eigenvalue weighted by atomic mass is 32.2. The summed E-state index contributed by atoms with van der Waals surface area (Å²) in [6, 6.07) is 4.59. The molecule has 1 amide bonds. The van der Waals surface area contributed by atoms with Crippen molar-refractivity contribution in [3.63, 3.8) is 0 Å². The summed E-state index contributed by atoms with van der Waals surface area (Å²) in [6.45, 7) is 2.39. The van der Waals surface area contributed by atoms with Gasteiger partial charge >= 0.3 is 0 Å². The molecule has 1 aromatic rings. The molecule has 0 radical (unpaired) electrons. The molecule has 1 aliphatic rings.